The Morgan fingerprint density at radius 3 is 2.57 bits per heavy atom. The maximum atomic E-state index is 12.2. The Morgan fingerprint density at radius 1 is 1.19 bits per heavy atom. The van der Waals surface area contributed by atoms with Crippen molar-refractivity contribution in [2.75, 3.05) is 6.54 Å². The number of rotatable bonds is 7. The highest BCUT2D eigenvalue weighted by Crippen LogP contribution is 2.19. The molecule has 0 bridgehead atoms. The molecular weight excluding hydrogens is 328 g/mol. The molecule has 1 heterocycles. The normalized spacial score (nSPS) is 11.7. The maximum absolute atomic E-state index is 12.2. The average molecular weight is 345 g/mol. The molecule has 114 valence electrons. The molecule has 0 aliphatic heterocycles. The van der Waals surface area contributed by atoms with Gasteiger partial charge in [0.1, 0.15) is 0 Å². The van der Waals surface area contributed by atoms with Crippen LogP contribution in [0.25, 0.3) is 0 Å². The number of thiophene rings is 1. The lowest BCUT2D eigenvalue weighted by Crippen LogP contribution is -2.22. The lowest BCUT2D eigenvalue weighted by atomic mass is 10.2. The maximum Gasteiger partial charge on any atom is 0.241 e. The fraction of sp³-hybridized carbons (Fsp3) is 0.286. The van der Waals surface area contributed by atoms with Crippen LogP contribution >= 0.6 is 22.9 Å². The van der Waals surface area contributed by atoms with E-state index in [1.807, 2.05) is 6.92 Å². The van der Waals surface area contributed by atoms with E-state index in [4.69, 9.17) is 11.6 Å². The van der Waals surface area contributed by atoms with Crippen molar-refractivity contribution in [3.05, 3.63) is 51.2 Å². The SMILES string of the molecule is CCNCc1cc(S(=O)(=O)NCc2ccc(Cl)cc2)cs1. The van der Waals surface area contributed by atoms with Gasteiger partial charge in [-0.2, -0.15) is 0 Å². The summed E-state index contributed by atoms with van der Waals surface area (Å²) in [5.74, 6) is 0. The third-order valence-electron chi connectivity index (χ3n) is 2.87. The van der Waals surface area contributed by atoms with Crippen molar-refractivity contribution in [1.29, 1.82) is 0 Å². The molecule has 0 unspecified atom stereocenters. The standard InChI is InChI=1S/C14H17ClN2O2S2/c1-2-16-9-13-7-14(10-20-13)21(18,19)17-8-11-3-5-12(15)6-4-11/h3-7,10,16-17H,2,8-9H2,1H3. The van der Waals surface area contributed by atoms with Crippen molar-refractivity contribution in [1.82, 2.24) is 10.0 Å². The van der Waals surface area contributed by atoms with E-state index in [1.54, 1.807) is 35.7 Å². The van der Waals surface area contributed by atoms with E-state index in [0.717, 1.165) is 17.0 Å². The van der Waals surface area contributed by atoms with Gasteiger partial charge in [-0.25, -0.2) is 13.1 Å². The third kappa shape index (κ3) is 4.79. The van der Waals surface area contributed by atoms with E-state index in [2.05, 4.69) is 10.0 Å². The molecule has 2 aromatic rings. The van der Waals surface area contributed by atoms with Gasteiger partial charge in [0, 0.05) is 28.4 Å². The first-order valence-corrected chi connectivity index (χ1v) is 9.27. The van der Waals surface area contributed by atoms with Gasteiger partial charge in [0.25, 0.3) is 0 Å². The highest BCUT2D eigenvalue weighted by atomic mass is 35.5. The van der Waals surface area contributed by atoms with Crippen LogP contribution in [0.4, 0.5) is 0 Å². The van der Waals surface area contributed by atoms with Crippen LogP contribution in [0.15, 0.2) is 40.6 Å². The van der Waals surface area contributed by atoms with Crippen molar-refractivity contribution >= 4 is 33.0 Å². The largest absolute Gasteiger partial charge is 0.312 e. The van der Waals surface area contributed by atoms with Gasteiger partial charge in [-0.3, -0.25) is 0 Å². The zero-order valence-electron chi connectivity index (χ0n) is 11.6. The van der Waals surface area contributed by atoms with Gasteiger partial charge in [0.15, 0.2) is 0 Å². The molecule has 0 saturated heterocycles. The highest BCUT2D eigenvalue weighted by molar-refractivity contribution is 7.89. The van der Waals surface area contributed by atoms with E-state index >= 15 is 0 Å². The number of nitrogens with one attached hydrogen (secondary N) is 2. The fourth-order valence-corrected chi connectivity index (χ4v) is 4.09. The molecule has 0 spiro atoms. The van der Waals surface area contributed by atoms with Crippen LogP contribution in [0.1, 0.15) is 17.4 Å². The molecule has 0 fully saturated rings. The molecule has 2 N–H and O–H groups in total. The van der Waals surface area contributed by atoms with E-state index in [9.17, 15) is 8.42 Å². The number of hydrogen-bond acceptors (Lipinski definition) is 4. The van der Waals surface area contributed by atoms with E-state index < -0.39 is 10.0 Å². The number of sulfonamides is 1. The van der Waals surface area contributed by atoms with Gasteiger partial charge in [-0.15, -0.1) is 11.3 Å². The highest BCUT2D eigenvalue weighted by Gasteiger charge is 2.15. The summed E-state index contributed by atoms with van der Waals surface area (Å²) in [4.78, 5) is 1.32. The van der Waals surface area contributed by atoms with Crippen LogP contribution in [-0.4, -0.2) is 15.0 Å². The minimum atomic E-state index is -3.47. The smallest absolute Gasteiger partial charge is 0.241 e. The van der Waals surface area contributed by atoms with Crippen LogP contribution < -0.4 is 10.0 Å². The van der Waals surface area contributed by atoms with Crippen LogP contribution in [-0.2, 0) is 23.1 Å². The van der Waals surface area contributed by atoms with Crippen molar-refractivity contribution in [2.45, 2.75) is 24.9 Å². The molecule has 0 saturated carbocycles. The number of hydrogen-bond donors (Lipinski definition) is 2. The van der Waals surface area contributed by atoms with Crippen molar-refractivity contribution in [3.63, 3.8) is 0 Å². The summed E-state index contributed by atoms with van der Waals surface area (Å²) in [7, 11) is -3.47. The quantitative estimate of drug-likeness (QED) is 0.811. The lowest BCUT2D eigenvalue weighted by molar-refractivity contribution is 0.581. The molecule has 21 heavy (non-hydrogen) atoms. The number of benzene rings is 1. The molecule has 1 aromatic carbocycles. The Bertz CT molecular complexity index is 681. The van der Waals surface area contributed by atoms with Gasteiger partial charge in [0.2, 0.25) is 10.0 Å². The fourth-order valence-electron chi connectivity index (χ4n) is 1.71. The van der Waals surface area contributed by atoms with Crippen molar-refractivity contribution in [2.24, 2.45) is 0 Å². The van der Waals surface area contributed by atoms with Crippen LogP contribution in [0.2, 0.25) is 5.02 Å². The van der Waals surface area contributed by atoms with Crippen molar-refractivity contribution < 1.29 is 8.42 Å². The molecule has 0 amide bonds. The summed E-state index contributed by atoms with van der Waals surface area (Å²) in [6.07, 6.45) is 0. The predicted molar refractivity (Wildman–Crippen MR) is 87.2 cm³/mol. The minimum Gasteiger partial charge on any atom is -0.312 e. The average Bonchev–Trinajstić information content (AvgIpc) is 2.94. The second-order valence-corrected chi connectivity index (χ2v) is 7.68. The molecule has 0 atom stereocenters. The Hall–Kier alpha value is -0.920. The third-order valence-corrected chi connectivity index (χ3v) is 5.59. The molecular formula is C14H17ClN2O2S2. The van der Waals surface area contributed by atoms with E-state index in [0.29, 0.717) is 16.5 Å². The van der Waals surface area contributed by atoms with Gasteiger partial charge >= 0.3 is 0 Å². The monoisotopic (exact) mass is 344 g/mol. The first kappa shape index (κ1) is 16.5. The van der Waals surface area contributed by atoms with E-state index in [1.165, 1.54) is 11.3 Å². The first-order chi connectivity index (χ1) is 10.0. The predicted octanol–water partition coefficient (Wildman–Crippen LogP) is 2.99. The summed E-state index contributed by atoms with van der Waals surface area (Å²) in [5, 5.41) is 5.47. The second-order valence-electron chi connectivity index (χ2n) is 4.48. The summed E-state index contributed by atoms with van der Waals surface area (Å²) < 4.78 is 27.0. The van der Waals surface area contributed by atoms with Crippen LogP contribution in [0, 0.1) is 0 Å². The van der Waals surface area contributed by atoms with Gasteiger partial charge in [-0.1, -0.05) is 30.7 Å². The molecule has 0 aliphatic carbocycles. The Labute approximate surface area is 134 Å². The molecule has 2 rings (SSSR count). The zero-order valence-corrected chi connectivity index (χ0v) is 14.0. The minimum absolute atomic E-state index is 0.248. The molecule has 4 nitrogen and oxygen atoms in total. The second kappa shape index (κ2) is 7.38. The molecule has 7 heteroatoms. The molecule has 1 aromatic heterocycles. The van der Waals surface area contributed by atoms with Crippen molar-refractivity contribution in [3.8, 4) is 0 Å². The zero-order chi connectivity index (χ0) is 15.3. The summed E-state index contributed by atoms with van der Waals surface area (Å²) >= 11 is 7.24. The summed E-state index contributed by atoms with van der Waals surface area (Å²) in [6.45, 7) is 3.81. The molecule has 0 radical (unpaired) electrons. The van der Waals surface area contributed by atoms with E-state index in [-0.39, 0.29) is 6.54 Å². The number of halogens is 1. The lowest BCUT2D eigenvalue weighted by Gasteiger charge is -2.05. The van der Waals surface area contributed by atoms with Gasteiger partial charge < -0.3 is 5.32 Å². The Morgan fingerprint density at radius 2 is 1.90 bits per heavy atom. The summed E-state index contributed by atoms with van der Waals surface area (Å²) in [6, 6.07) is 8.79. The first-order valence-electron chi connectivity index (χ1n) is 6.53. The Balaban J connectivity index is 2.00. The van der Waals surface area contributed by atoms with Gasteiger partial charge in [-0.05, 0) is 30.3 Å². The van der Waals surface area contributed by atoms with Gasteiger partial charge in [0.05, 0.1) is 4.90 Å². The van der Waals surface area contributed by atoms with Crippen LogP contribution in [0.5, 0.6) is 0 Å². The topological polar surface area (TPSA) is 58.2 Å². The summed E-state index contributed by atoms with van der Waals surface area (Å²) in [5.41, 5.74) is 0.867. The van der Waals surface area contributed by atoms with Crippen LogP contribution in [0.3, 0.4) is 0 Å². The Kier molecular flexibility index (Phi) is 5.78. The molecule has 0 aliphatic rings.